The Bertz CT molecular complexity index is 384. The van der Waals surface area contributed by atoms with Crippen LogP contribution in [-0.4, -0.2) is 48.7 Å². The molecule has 1 spiro atoms. The SMILES string of the molecule is CC(C)(C)OC(=O)N1CC[C@@H]2CC3(C[C@@H]2C1)OCCO3. The van der Waals surface area contributed by atoms with Crippen LogP contribution in [0.1, 0.15) is 40.0 Å². The summed E-state index contributed by atoms with van der Waals surface area (Å²) in [5.41, 5.74) is -0.428. The van der Waals surface area contributed by atoms with E-state index in [1.807, 2.05) is 25.7 Å². The van der Waals surface area contributed by atoms with Gasteiger partial charge in [0.05, 0.1) is 13.2 Å². The highest BCUT2D eigenvalue weighted by Gasteiger charge is 2.51. The number of nitrogens with zero attached hydrogens (tertiary/aromatic N) is 1. The summed E-state index contributed by atoms with van der Waals surface area (Å²) in [5.74, 6) is 0.750. The van der Waals surface area contributed by atoms with Gasteiger partial charge in [0, 0.05) is 25.9 Å². The molecular weight excluding hydrogens is 258 g/mol. The number of amides is 1. The topological polar surface area (TPSA) is 48.0 Å². The average molecular weight is 283 g/mol. The molecule has 1 aliphatic carbocycles. The molecule has 5 nitrogen and oxygen atoms in total. The number of fused-ring (bicyclic) bond motifs is 1. The fourth-order valence-electron chi connectivity index (χ4n) is 3.69. The molecule has 0 radical (unpaired) electrons. The van der Waals surface area contributed by atoms with Gasteiger partial charge in [0.2, 0.25) is 0 Å². The van der Waals surface area contributed by atoms with Crippen molar-refractivity contribution in [2.45, 2.75) is 51.4 Å². The summed E-state index contributed by atoms with van der Waals surface area (Å²) in [6.07, 6.45) is 2.74. The van der Waals surface area contributed by atoms with E-state index in [-0.39, 0.29) is 11.9 Å². The van der Waals surface area contributed by atoms with Crippen LogP contribution in [0.5, 0.6) is 0 Å². The lowest BCUT2D eigenvalue weighted by Gasteiger charge is -2.35. The van der Waals surface area contributed by atoms with Gasteiger partial charge in [-0.15, -0.1) is 0 Å². The van der Waals surface area contributed by atoms with Crippen LogP contribution in [-0.2, 0) is 14.2 Å². The van der Waals surface area contributed by atoms with Gasteiger partial charge in [0.1, 0.15) is 5.60 Å². The number of carbonyl (C=O) groups excluding carboxylic acids is 1. The van der Waals surface area contributed by atoms with Crippen molar-refractivity contribution in [1.29, 1.82) is 0 Å². The third-order valence-electron chi connectivity index (χ3n) is 4.50. The van der Waals surface area contributed by atoms with Gasteiger partial charge >= 0.3 is 6.09 Å². The summed E-state index contributed by atoms with van der Waals surface area (Å²) >= 11 is 0. The smallest absolute Gasteiger partial charge is 0.410 e. The standard InChI is InChI=1S/C15H25NO4/c1-14(2,3)20-13(17)16-5-4-11-8-15(9-12(11)10-16)18-6-7-19-15/h11-12H,4-10H2,1-3H3/t11-,12-/m1/s1. The highest BCUT2D eigenvalue weighted by atomic mass is 16.7. The molecule has 0 bridgehead atoms. The molecular formula is C15H25NO4. The molecule has 2 atom stereocenters. The number of ether oxygens (including phenoxy) is 3. The highest BCUT2D eigenvalue weighted by molar-refractivity contribution is 5.68. The fourth-order valence-corrected chi connectivity index (χ4v) is 3.69. The van der Waals surface area contributed by atoms with Gasteiger partial charge in [0.15, 0.2) is 5.79 Å². The number of likely N-dealkylation sites (tertiary alicyclic amines) is 1. The van der Waals surface area contributed by atoms with E-state index >= 15 is 0 Å². The van der Waals surface area contributed by atoms with E-state index in [2.05, 4.69) is 0 Å². The Morgan fingerprint density at radius 2 is 1.85 bits per heavy atom. The van der Waals surface area contributed by atoms with Gasteiger partial charge < -0.3 is 19.1 Å². The molecule has 20 heavy (non-hydrogen) atoms. The number of rotatable bonds is 0. The Morgan fingerprint density at radius 1 is 1.20 bits per heavy atom. The Morgan fingerprint density at radius 3 is 2.50 bits per heavy atom. The van der Waals surface area contributed by atoms with E-state index in [9.17, 15) is 4.79 Å². The second kappa shape index (κ2) is 4.88. The average Bonchev–Trinajstić information content (AvgIpc) is 2.92. The predicted molar refractivity (Wildman–Crippen MR) is 73.3 cm³/mol. The third-order valence-corrected chi connectivity index (χ3v) is 4.50. The molecule has 3 rings (SSSR count). The van der Waals surface area contributed by atoms with Crippen LogP contribution in [0.15, 0.2) is 0 Å². The van der Waals surface area contributed by atoms with Gasteiger partial charge in [-0.2, -0.15) is 0 Å². The largest absolute Gasteiger partial charge is 0.444 e. The van der Waals surface area contributed by atoms with E-state index in [0.717, 1.165) is 32.4 Å². The van der Waals surface area contributed by atoms with E-state index in [4.69, 9.17) is 14.2 Å². The summed E-state index contributed by atoms with van der Waals surface area (Å²) in [7, 11) is 0. The molecule has 114 valence electrons. The first-order valence-electron chi connectivity index (χ1n) is 7.63. The molecule has 3 fully saturated rings. The minimum Gasteiger partial charge on any atom is -0.444 e. The Hall–Kier alpha value is -0.810. The molecule has 1 saturated carbocycles. The second-order valence-electron chi connectivity index (χ2n) is 7.25. The molecule has 0 aromatic heterocycles. The lowest BCUT2D eigenvalue weighted by atomic mass is 9.89. The van der Waals surface area contributed by atoms with Crippen molar-refractivity contribution in [2.24, 2.45) is 11.8 Å². The summed E-state index contributed by atoms with van der Waals surface area (Å²) in [6, 6.07) is 0. The summed E-state index contributed by atoms with van der Waals surface area (Å²) in [4.78, 5) is 14.0. The zero-order valence-corrected chi connectivity index (χ0v) is 12.7. The van der Waals surface area contributed by atoms with Crippen molar-refractivity contribution >= 4 is 6.09 Å². The molecule has 3 aliphatic rings. The highest BCUT2D eigenvalue weighted by Crippen LogP contribution is 2.47. The molecule has 5 heteroatoms. The van der Waals surface area contributed by atoms with Crippen molar-refractivity contribution in [3.63, 3.8) is 0 Å². The van der Waals surface area contributed by atoms with Gasteiger partial charge in [-0.1, -0.05) is 0 Å². The van der Waals surface area contributed by atoms with Crippen molar-refractivity contribution in [3.05, 3.63) is 0 Å². The number of hydrogen-bond donors (Lipinski definition) is 0. The van der Waals surface area contributed by atoms with E-state index in [0.29, 0.717) is 25.0 Å². The first kappa shape index (κ1) is 14.1. The number of carbonyl (C=O) groups is 1. The molecule has 0 N–H and O–H groups in total. The van der Waals surface area contributed by atoms with Crippen LogP contribution in [0.4, 0.5) is 4.79 Å². The first-order chi connectivity index (χ1) is 9.37. The number of piperidine rings is 1. The van der Waals surface area contributed by atoms with Crippen molar-refractivity contribution in [1.82, 2.24) is 4.90 Å². The molecule has 0 aromatic rings. The van der Waals surface area contributed by atoms with Crippen LogP contribution in [0.25, 0.3) is 0 Å². The van der Waals surface area contributed by atoms with Gasteiger partial charge in [-0.3, -0.25) is 0 Å². The maximum atomic E-state index is 12.2. The van der Waals surface area contributed by atoms with E-state index in [1.165, 1.54) is 0 Å². The second-order valence-corrected chi connectivity index (χ2v) is 7.25. The minimum absolute atomic E-state index is 0.190. The predicted octanol–water partition coefficient (Wildman–Crippen LogP) is 2.40. The fraction of sp³-hybridized carbons (Fsp3) is 0.933. The first-order valence-corrected chi connectivity index (χ1v) is 7.63. The maximum absolute atomic E-state index is 12.2. The Labute approximate surface area is 120 Å². The molecule has 0 unspecified atom stereocenters. The quantitative estimate of drug-likeness (QED) is 0.685. The minimum atomic E-state index is -0.428. The van der Waals surface area contributed by atoms with Crippen LogP contribution >= 0.6 is 0 Å². The zero-order chi connectivity index (χ0) is 14.4. The number of hydrogen-bond acceptors (Lipinski definition) is 4. The van der Waals surface area contributed by atoms with Gasteiger partial charge in [0.25, 0.3) is 0 Å². The summed E-state index contributed by atoms with van der Waals surface area (Å²) in [6.45, 7) is 8.68. The third kappa shape index (κ3) is 2.79. The Kier molecular flexibility index (Phi) is 3.45. The maximum Gasteiger partial charge on any atom is 0.410 e. The lowest BCUT2D eigenvalue weighted by Crippen LogP contribution is -2.44. The summed E-state index contributed by atoms with van der Waals surface area (Å²) in [5, 5.41) is 0. The van der Waals surface area contributed by atoms with Crippen molar-refractivity contribution < 1.29 is 19.0 Å². The van der Waals surface area contributed by atoms with Crippen molar-refractivity contribution in [2.75, 3.05) is 26.3 Å². The molecule has 1 amide bonds. The summed E-state index contributed by atoms with van der Waals surface area (Å²) < 4.78 is 17.1. The normalized spacial score (nSPS) is 32.5. The van der Waals surface area contributed by atoms with Crippen LogP contribution in [0, 0.1) is 11.8 Å². The van der Waals surface area contributed by atoms with Crippen LogP contribution in [0.2, 0.25) is 0 Å². The zero-order valence-electron chi connectivity index (χ0n) is 12.7. The van der Waals surface area contributed by atoms with Crippen LogP contribution < -0.4 is 0 Å². The molecule has 0 aromatic carbocycles. The molecule has 2 saturated heterocycles. The van der Waals surface area contributed by atoms with Gasteiger partial charge in [-0.25, -0.2) is 4.79 Å². The molecule has 2 heterocycles. The monoisotopic (exact) mass is 283 g/mol. The Balaban J connectivity index is 1.60. The van der Waals surface area contributed by atoms with E-state index in [1.54, 1.807) is 0 Å². The van der Waals surface area contributed by atoms with Crippen molar-refractivity contribution in [3.8, 4) is 0 Å². The van der Waals surface area contributed by atoms with Gasteiger partial charge in [-0.05, 0) is 39.0 Å². The lowest BCUT2D eigenvalue weighted by molar-refractivity contribution is -0.154. The van der Waals surface area contributed by atoms with Crippen LogP contribution in [0.3, 0.4) is 0 Å². The van der Waals surface area contributed by atoms with E-state index < -0.39 is 5.60 Å². The molecule has 2 aliphatic heterocycles.